The molecule has 0 radical (unpaired) electrons. The van der Waals surface area contributed by atoms with E-state index in [4.69, 9.17) is 27.9 Å². The van der Waals surface area contributed by atoms with Crippen LogP contribution in [0.1, 0.15) is 0 Å². The summed E-state index contributed by atoms with van der Waals surface area (Å²) in [6.07, 6.45) is 0. The Morgan fingerprint density at radius 2 is 1.85 bits per heavy atom. The number of hydrogen-bond acceptors (Lipinski definition) is 4. The average molecular weight is 310 g/mol. The van der Waals surface area contributed by atoms with Crippen molar-refractivity contribution in [3.8, 4) is 17.2 Å². The highest BCUT2D eigenvalue weighted by molar-refractivity contribution is 6.36. The Morgan fingerprint density at radius 3 is 2.60 bits per heavy atom. The highest BCUT2D eigenvalue weighted by Crippen LogP contribution is 2.33. The van der Waals surface area contributed by atoms with E-state index in [9.17, 15) is 5.11 Å². The number of methoxy groups -OCH3 is 1. The van der Waals surface area contributed by atoms with E-state index in [1.165, 1.54) is 10.9 Å². The third-order valence-electron chi connectivity index (χ3n) is 2.81. The molecule has 1 heterocycles. The zero-order valence-electron chi connectivity index (χ0n) is 10.3. The summed E-state index contributed by atoms with van der Waals surface area (Å²) >= 11 is 11.8. The maximum Gasteiger partial charge on any atom is 0.161 e. The molecule has 0 spiro atoms. The Morgan fingerprint density at radius 1 is 1.10 bits per heavy atom. The quantitative estimate of drug-likeness (QED) is 0.787. The van der Waals surface area contributed by atoms with E-state index in [2.05, 4.69) is 10.2 Å². The van der Waals surface area contributed by atoms with Crippen LogP contribution in [0.15, 0.2) is 30.3 Å². The topological polar surface area (TPSA) is 60.2 Å². The lowest BCUT2D eigenvalue weighted by Crippen LogP contribution is -1.99. The van der Waals surface area contributed by atoms with E-state index >= 15 is 0 Å². The highest BCUT2D eigenvalue weighted by Gasteiger charge is 2.13. The average Bonchev–Trinajstić information content (AvgIpc) is 2.85. The highest BCUT2D eigenvalue weighted by atomic mass is 35.5. The SMILES string of the molecule is COc1ccc2nn(-c3cc(Cl)cc(Cl)c3O)nc2c1. The van der Waals surface area contributed by atoms with Crippen LogP contribution >= 0.6 is 23.2 Å². The van der Waals surface area contributed by atoms with Gasteiger partial charge in [-0.25, -0.2) is 0 Å². The molecule has 0 bridgehead atoms. The lowest BCUT2D eigenvalue weighted by Gasteiger charge is -2.05. The van der Waals surface area contributed by atoms with Gasteiger partial charge in [-0.15, -0.1) is 15.0 Å². The number of phenolic OH excluding ortho intramolecular Hbond substituents is 1. The van der Waals surface area contributed by atoms with Gasteiger partial charge in [0.1, 0.15) is 22.5 Å². The second kappa shape index (κ2) is 4.85. The van der Waals surface area contributed by atoms with Crippen molar-refractivity contribution < 1.29 is 9.84 Å². The van der Waals surface area contributed by atoms with Gasteiger partial charge in [-0.05, 0) is 24.3 Å². The summed E-state index contributed by atoms with van der Waals surface area (Å²) in [6.45, 7) is 0. The summed E-state index contributed by atoms with van der Waals surface area (Å²) in [5.41, 5.74) is 1.62. The molecule has 3 rings (SSSR count). The van der Waals surface area contributed by atoms with Gasteiger partial charge in [-0.1, -0.05) is 23.2 Å². The van der Waals surface area contributed by atoms with Crippen LogP contribution in [0.3, 0.4) is 0 Å². The molecule has 102 valence electrons. The first-order chi connectivity index (χ1) is 9.58. The fourth-order valence-electron chi connectivity index (χ4n) is 1.83. The lowest BCUT2D eigenvalue weighted by atomic mass is 10.3. The maximum absolute atomic E-state index is 9.99. The van der Waals surface area contributed by atoms with Crippen molar-refractivity contribution in [3.05, 3.63) is 40.4 Å². The zero-order valence-corrected chi connectivity index (χ0v) is 11.9. The van der Waals surface area contributed by atoms with Crippen molar-refractivity contribution in [3.63, 3.8) is 0 Å². The Balaban J connectivity index is 2.20. The molecule has 0 aliphatic rings. The molecule has 3 aromatic rings. The molecule has 0 fully saturated rings. The van der Waals surface area contributed by atoms with Gasteiger partial charge in [0.05, 0.1) is 12.1 Å². The summed E-state index contributed by atoms with van der Waals surface area (Å²) < 4.78 is 5.13. The van der Waals surface area contributed by atoms with E-state index in [0.29, 0.717) is 27.5 Å². The number of halogens is 2. The summed E-state index contributed by atoms with van der Waals surface area (Å²) in [5, 5.41) is 19.1. The molecule has 1 aromatic heterocycles. The monoisotopic (exact) mass is 309 g/mol. The van der Waals surface area contributed by atoms with Gasteiger partial charge in [0.15, 0.2) is 5.75 Å². The second-order valence-corrected chi connectivity index (χ2v) is 4.94. The Hall–Kier alpha value is -1.98. The second-order valence-electron chi connectivity index (χ2n) is 4.10. The molecular formula is C13H9Cl2N3O2. The molecule has 0 aliphatic heterocycles. The predicted molar refractivity (Wildman–Crippen MR) is 77.1 cm³/mol. The maximum atomic E-state index is 9.99. The Bertz CT molecular complexity index is 802. The fourth-order valence-corrected chi connectivity index (χ4v) is 2.32. The molecule has 0 amide bonds. The van der Waals surface area contributed by atoms with Crippen LogP contribution in [0.5, 0.6) is 11.5 Å². The Kier molecular flexibility index (Phi) is 3.16. The van der Waals surface area contributed by atoms with E-state index in [1.54, 1.807) is 31.4 Å². The third-order valence-corrected chi connectivity index (χ3v) is 3.32. The van der Waals surface area contributed by atoms with Crippen LogP contribution in [0.25, 0.3) is 16.7 Å². The zero-order chi connectivity index (χ0) is 14.3. The number of phenols is 1. The molecule has 0 unspecified atom stereocenters. The van der Waals surface area contributed by atoms with Gasteiger partial charge >= 0.3 is 0 Å². The van der Waals surface area contributed by atoms with Crippen molar-refractivity contribution in [1.29, 1.82) is 0 Å². The number of nitrogens with zero attached hydrogens (tertiary/aromatic N) is 3. The largest absolute Gasteiger partial charge is 0.504 e. The van der Waals surface area contributed by atoms with Crippen LogP contribution in [0, 0.1) is 0 Å². The van der Waals surface area contributed by atoms with Gasteiger partial charge in [0.2, 0.25) is 0 Å². The standard InChI is InChI=1S/C13H9Cl2N3O2/c1-20-8-2-3-10-11(6-8)17-18(16-10)12-5-7(14)4-9(15)13(12)19/h2-6,19H,1H3. The van der Waals surface area contributed by atoms with Crippen LogP contribution in [-0.4, -0.2) is 27.2 Å². The molecule has 2 aromatic carbocycles. The predicted octanol–water partition coefficient (Wildman–Crippen LogP) is 3.44. The molecule has 0 atom stereocenters. The van der Waals surface area contributed by atoms with Gasteiger partial charge in [0, 0.05) is 11.1 Å². The summed E-state index contributed by atoms with van der Waals surface area (Å²) in [6, 6.07) is 8.31. The smallest absolute Gasteiger partial charge is 0.161 e. The Labute approximate surface area is 124 Å². The van der Waals surface area contributed by atoms with Crippen LogP contribution in [0.4, 0.5) is 0 Å². The minimum atomic E-state index is -0.122. The van der Waals surface area contributed by atoms with Crippen LogP contribution < -0.4 is 4.74 Å². The first-order valence-corrected chi connectivity index (χ1v) is 6.43. The lowest BCUT2D eigenvalue weighted by molar-refractivity contribution is 0.415. The van der Waals surface area contributed by atoms with E-state index < -0.39 is 0 Å². The van der Waals surface area contributed by atoms with Crippen molar-refractivity contribution >= 4 is 34.2 Å². The molecule has 0 saturated carbocycles. The van der Waals surface area contributed by atoms with Gasteiger partial charge in [-0.2, -0.15) is 0 Å². The number of benzene rings is 2. The molecule has 7 heteroatoms. The van der Waals surface area contributed by atoms with Crippen molar-refractivity contribution in [1.82, 2.24) is 15.0 Å². The number of hydrogen-bond donors (Lipinski definition) is 1. The summed E-state index contributed by atoms with van der Waals surface area (Å²) in [5.74, 6) is 0.557. The number of fused-ring (bicyclic) bond motifs is 1. The van der Waals surface area contributed by atoms with E-state index in [1.807, 2.05) is 0 Å². The molecule has 20 heavy (non-hydrogen) atoms. The number of rotatable bonds is 2. The van der Waals surface area contributed by atoms with Gasteiger partial charge in [-0.3, -0.25) is 0 Å². The number of aromatic hydroxyl groups is 1. The van der Waals surface area contributed by atoms with Crippen LogP contribution in [0.2, 0.25) is 10.0 Å². The summed E-state index contributed by atoms with van der Waals surface area (Å²) in [7, 11) is 1.58. The molecule has 0 saturated heterocycles. The molecule has 1 N–H and O–H groups in total. The molecule has 5 nitrogen and oxygen atoms in total. The fraction of sp³-hybridized carbons (Fsp3) is 0.0769. The number of ether oxygens (including phenoxy) is 1. The first kappa shape index (κ1) is 13.0. The van der Waals surface area contributed by atoms with Crippen molar-refractivity contribution in [2.45, 2.75) is 0 Å². The summed E-state index contributed by atoms with van der Waals surface area (Å²) in [4.78, 5) is 1.29. The first-order valence-electron chi connectivity index (χ1n) is 5.68. The normalized spacial score (nSPS) is 10.9. The van der Waals surface area contributed by atoms with Gasteiger partial charge < -0.3 is 9.84 Å². The van der Waals surface area contributed by atoms with E-state index in [0.717, 1.165) is 0 Å². The number of aromatic nitrogens is 3. The van der Waals surface area contributed by atoms with Gasteiger partial charge in [0.25, 0.3) is 0 Å². The van der Waals surface area contributed by atoms with Crippen molar-refractivity contribution in [2.75, 3.05) is 7.11 Å². The minimum absolute atomic E-state index is 0.122. The third kappa shape index (κ3) is 2.15. The minimum Gasteiger partial charge on any atom is -0.504 e. The van der Waals surface area contributed by atoms with Crippen molar-refractivity contribution in [2.24, 2.45) is 0 Å². The molecule has 0 aliphatic carbocycles. The van der Waals surface area contributed by atoms with Crippen LogP contribution in [-0.2, 0) is 0 Å². The van der Waals surface area contributed by atoms with E-state index in [-0.39, 0.29) is 10.8 Å². The molecular weight excluding hydrogens is 301 g/mol.